The van der Waals surface area contributed by atoms with E-state index in [1.807, 2.05) is 6.92 Å². The number of hydrogen-bond acceptors (Lipinski definition) is 6. The van der Waals surface area contributed by atoms with Crippen LogP contribution in [0.4, 0.5) is 0 Å². The molecule has 25 heavy (non-hydrogen) atoms. The second kappa shape index (κ2) is 8.08. The predicted molar refractivity (Wildman–Crippen MR) is 91.4 cm³/mol. The van der Waals surface area contributed by atoms with E-state index in [0.717, 1.165) is 5.56 Å². The second-order valence-electron chi connectivity index (χ2n) is 5.02. The zero-order chi connectivity index (χ0) is 18.3. The van der Waals surface area contributed by atoms with Crippen molar-refractivity contribution in [2.24, 2.45) is 5.10 Å². The molecule has 1 amide bonds. The molecule has 0 unspecified atom stereocenters. The van der Waals surface area contributed by atoms with Gasteiger partial charge in [-0.05, 0) is 31.2 Å². The number of carbonyl (C=O) groups is 1. The van der Waals surface area contributed by atoms with Gasteiger partial charge in [-0.1, -0.05) is 29.8 Å². The van der Waals surface area contributed by atoms with E-state index in [9.17, 15) is 13.2 Å². The van der Waals surface area contributed by atoms with Gasteiger partial charge in [0.15, 0.2) is 5.75 Å². The summed E-state index contributed by atoms with van der Waals surface area (Å²) >= 11 is 0. The third-order valence-corrected chi connectivity index (χ3v) is 4.31. The maximum atomic E-state index is 12.4. The minimum Gasteiger partial charge on any atom is -0.378 e. The van der Waals surface area contributed by atoms with Crippen molar-refractivity contribution in [3.8, 4) is 11.8 Å². The third-order valence-electron chi connectivity index (χ3n) is 3.06. The Bertz CT molecular complexity index is 929. The van der Waals surface area contributed by atoms with Crippen molar-refractivity contribution >= 4 is 22.2 Å². The summed E-state index contributed by atoms with van der Waals surface area (Å²) in [7, 11) is -3.99. The highest BCUT2D eigenvalue weighted by Crippen LogP contribution is 2.22. The lowest BCUT2D eigenvalue weighted by atomic mass is 10.2. The van der Waals surface area contributed by atoms with Gasteiger partial charge in [0.2, 0.25) is 0 Å². The third kappa shape index (κ3) is 5.16. The van der Waals surface area contributed by atoms with E-state index >= 15 is 0 Å². The monoisotopic (exact) mass is 357 g/mol. The van der Waals surface area contributed by atoms with Gasteiger partial charge >= 0.3 is 10.1 Å². The molecule has 128 valence electrons. The fraction of sp³-hybridized carbons (Fsp3) is 0.118. The van der Waals surface area contributed by atoms with Crippen LogP contribution in [0.2, 0.25) is 0 Å². The van der Waals surface area contributed by atoms with Gasteiger partial charge in [0.05, 0.1) is 12.3 Å². The number of nitrogens with zero attached hydrogens (tertiary/aromatic N) is 2. The topological polar surface area (TPSA) is 109 Å². The van der Waals surface area contributed by atoms with Crippen LogP contribution < -0.4 is 9.61 Å². The number of aryl methyl sites for hydroxylation is 1. The molecular formula is C17H15N3O4S. The molecule has 0 aliphatic heterocycles. The average Bonchev–Trinajstić information content (AvgIpc) is 2.57. The maximum Gasteiger partial charge on any atom is 0.339 e. The summed E-state index contributed by atoms with van der Waals surface area (Å²) in [5, 5.41) is 12.1. The molecule has 0 saturated carbocycles. The lowest BCUT2D eigenvalue weighted by Crippen LogP contribution is -2.16. The first kappa shape index (κ1) is 18.2. The zero-order valence-corrected chi connectivity index (χ0v) is 14.2. The minimum absolute atomic E-state index is 0.0344. The van der Waals surface area contributed by atoms with Gasteiger partial charge in [-0.25, -0.2) is 5.43 Å². The van der Waals surface area contributed by atoms with E-state index in [0.29, 0.717) is 5.56 Å². The van der Waals surface area contributed by atoms with E-state index in [1.54, 1.807) is 36.4 Å². The highest BCUT2D eigenvalue weighted by atomic mass is 32.2. The Morgan fingerprint density at radius 1 is 1.24 bits per heavy atom. The van der Waals surface area contributed by atoms with Crippen LogP contribution >= 0.6 is 0 Å². The fourth-order valence-corrected chi connectivity index (χ4v) is 2.77. The van der Waals surface area contributed by atoms with E-state index < -0.39 is 16.0 Å². The summed E-state index contributed by atoms with van der Waals surface area (Å²) in [5.41, 5.74) is 3.45. The van der Waals surface area contributed by atoms with Gasteiger partial charge in [0.25, 0.3) is 5.91 Å². The number of hydrogen-bond donors (Lipinski definition) is 1. The number of amides is 1. The number of nitriles is 1. The molecular weight excluding hydrogens is 342 g/mol. The van der Waals surface area contributed by atoms with Crippen LogP contribution in [0.5, 0.6) is 5.75 Å². The molecule has 0 aliphatic carbocycles. The Morgan fingerprint density at radius 2 is 1.92 bits per heavy atom. The van der Waals surface area contributed by atoms with Gasteiger partial charge < -0.3 is 4.18 Å². The SMILES string of the molecule is Cc1ccc(S(=O)(=O)Oc2ccccc2C=NNC(=O)CC#N)cc1. The number of carbonyl (C=O) groups excluding carboxylic acids is 1. The molecule has 7 nitrogen and oxygen atoms in total. The first-order chi connectivity index (χ1) is 11.9. The summed E-state index contributed by atoms with van der Waals surface area (Å²) in [6, 6.07) is 14.3. The molecule has 0 saturated heterocycles. The lowest BCUT2D eigenvalue weighted by Gasteiger charge is -2.09. The van der Waals surface area contributed by atoms with Crippen LogP contribution in [0, 0.1) is 18.3 Å². The molecule has 0 atom stereocenters. The van der Waals surface area contributed by atoms with Crippen molar-refractivity contribution in [1.29, 1.82) is 5.26 Å². The fourth-order valence-electron chi connectivity index (χ4n) is 1.82. The van der Waals surface area contributed by atoms with E-state index in [1.165, 1.54) is 24.4 Å². The Kier molecular flexibility index (Phi) is 5.87. The molecule has 1 N–H and O–H groups in total. The van der Waals surface area contributed by atoms with Crippen molar-refractivity contribution in [2.75, 3.05) is 0 Å². The normalized spacial score (nSPS) is 11.0. The molecule has 0 fully saturated rings. The standard InChI is InChI=1S/C17H15N3O4S/c1-13-6-8-15(9-7-13)25(22,23)24-16-5-3-2-4-14(16)12-19-20-17(21)10-11-18/h2-9,12H,10H2,1H3,(H,20,21). The summed E-state index contributed by atoms with van der Waals surface area (Å²) in [5.74, 6) is -0.495. The quantitative estimate of drug-likeness (QED) is 0.484. The highest BCUT2D eigenvalue weighted by molar-refractivity contribution is 7.87. The number of hydrazone groups is 1. The molecule has 2 aromatic rings. The molecule has 0 aromatic heterocycles. The van der Waals surface area contributed by atoms with Crippen LogP contribution in [0.25, 0.3) is 0 Å². The van der Waals surface area contributed by atoms with Crippen LogP contribution in [0.15, 0.2) is 58.5 Å². The van der Waals surface area contributed by atoms with Gasteiger partial charge in [0.1, 0.15) is 11.3 Å². The van der Waals surface area contributed by atoms with Crippen molar-refractivity contribution in [3.05, 3.63) is 59.7 Å². The van der Waals surface area contributed by atoms with Gasteiger partial charge in [0, 0.05) is 5.56 Å². The lowest BCUT2D eigenvalue weighted by molar-refractivity contribution is -0.120. The number of benzene rings is 2. The first-order valence-corrected chi connectivity index (χ1v) is 8.62. The molecule has 0 radical (unpaired) electrons. The van der Waals surface area contributed by atoms with Crippen molar-refractivity contribution < 1.29 is 17.4 Å². The van der Waals surface area contributed by atoms with Crippen LogP contribution in [-0.4, -0.2) is 20.5 Å². The van der Waals surface area contributed by atoms with E-state index in [-0.39, 0.29) is 17.1 Å². The Labute approximate surface area is 145 Å². The minimum atomic E-state index is -3.99. The van der Waals surface area contributed by atoms with Crippen molar-refractivity contribution in [3.63, 3.8) is 0 Å². The summed E-state index contributed by atoms with van der Waals surface area (Å²) in [6.45, 7) is 1.85. The van der Waals surface area contributed by atoms with Gasteiger partial charge in [-0.3, -0.25) is 4.79 Å². The van der Waals surface area contributed by atoms with Crippen LogP contribution in [-0.2, 0) is 14.9 Å². The Morgan fingerprint density at radius 3 is 2.60 bits per heavy atom. The molecule has 0 heterocycles. The molecule has 0 bridgehead atoms. The van der Waals surface area contributed by atoms with Crippen molar-refractivity contribution in [1.82, 2.24) is 5.43 Å². The number of para-hydroxylation sites is 1. The van der Waals surface area contributed by atoms with Crippen molar-refractivity contribution in [2.45, 2.75) is 18.2 Å². The first-order valence-electron chi connectivity index (χ1n) is 7.21. The van der Waals surface area contributed by atoms with E-state index in [4.69, 9.17) is 9.44 Å². The smallest absolute Gasteiger partial charge is 0.339 e. The second-order valence-corrected chi connectivity index (χ2v) is 6.56. The molecule has 0 aliphatic rings. The number of nitrogens with one attached hydrogen (secondary N) is 1. The molecule has 2 aromatic carbocycles. The summed E-state index contributed by atoms with van der Waals surface area (Å²) < 4.78 is 29.9. The molecule has 0 spiro atoms. The predicted octanol–water partition coefficient (Wildman–Crippen LogP) is 2.13. The van der Waals surface area contributed by atoms with Gasteiger partial charge in [-0.2, -0.15) is 18.8 Å². The Balaban J connectivity index is 2.20. The van der Waals surface area contributed by atoms with Gasteiger partial charge in [-0.15, -0.1) is 0 Å². The van der Waals surface area contributed by atoms with E-state index in [2.05, 4.69) is 10.5 Å². The maximum absolute atomic E-state index is 12.4. The van der Waals surface area contributed by atoms with Crippen LogP contribution in [0.3, 0.4) is 0 Å². The Hall–Kier alpha value is -3.18. The highest BCUT2D eigenvalue weighted by Gasteiger charge is 2.17. The van der Waals surface area contributed by atoms with Crippen LogP contribution in [0.1, 0.15) is 17.5 Å². The summed E-state index contributed by atoms with van der Waals surface area (Å²) in [4.78, 5) is 11.2. The zero-order valence-electron chi connectivity index (χ0n) is 13.3. The summed E-state index contributed by atoms with van der Waals surface area (Å²) in [6.07, 6.45) is 0.923. The number of rotatable bonds is 6. The molecule has 8 heteroatoms. The molecule has 2 rings (SSSR count). The average molecular weight is 357 g/mol. The largest absolute Gasteiger partial charge is 0.378 e.